The van der Waals surface area contributed by atoms with Gasteiger partial charge in [0, 0.05) is 29.2 Å². The summed E-state index contributed by atoms with van der Waals surface area (Å²) in [6, 6.07) is 26.8. The second-order valence-electron chi connectivity index (χ2n) is 11.8. The van der Waals surface area contributed by atoms with E-state index in [0.717, 1.165) is 18.4 Å². The van der Waals surface area contributed by atoms with Crippen LogP contribution in [0.25, 0.3) is 16.8 Å². The summed E-state index contributed by atoms with van der Waals surface area (Å²) in [5.41, 5.74) is 4.70. The van der Waals surface area contributed by atoms with Gasteiger partial charge in [0.25, 0.3) is 5.91 Å². The van der Waals surface area contributed by atoms with Crippen LogP contribution in [0.4, 0.5) is 0 Å². The highest BCUT2D eigenvalue weighted by Gasteiger charge is 2.31. The Balaban J connectivity index is 1.47. The molecule has 1 aromatic heterocycles. The van der Waals surface area contributed by atoms with Crippen LogP contribution in [0.2, 0.25) is 5.02 Å². The van der Waals surface area contributed by atoms with Crippen molar-refractivity contribution in [1.29, 1.82) is 0 Å². The lowest BCUT2D eigenvalue weighted by Crippen LogP contribution is -2.36. The number of carbonyl (C=O) groups excluding carboxylic acids is 2. The molecule has 10 heteroatoms. The van der Waals surface area contributed by atoms with Gasteiger partial charge < -0.3 is 19.5 Å². The predicted octanol–water partition coefficient (Wildman–Crippen LogP) is 8.40. The van der Waals surface area contributed by atoms with Gasteiger partial charge in [0.05, 0.1) is 23.6 Å². The summed E-state index contributed by atoms with van der Waals surface area (Å²) in [7, 11) is 0. The molecule has 1 aliphatic rings. The molecule has 5 aromatic rings. The monoisotopic (exact) mass is 677 g/mol. The maximum atomic E-state index is 14.4. The Morgan fingerprint density at radius 3 is 2.27 bits per heavy atom. The predicted molar refractivity (Wildman–Crippen MR) is 187 cm³/mol. The number of carboxylic acids is 1. The van der Waals surface area contributed by atoms with E-state index < -0.39 is 11.9 Å². The van der Waals surface area contributed by atoms with Crippen LogP contribution in [0.15, 0.2) is 91.0 Å². The first kappa shape index (κ1) is 33.5. The van der Waals surface area contributed by atoms with E-state index in [2.05, 4.69) is 13.0 Å². The van der Waals surface area contributed by atoms with Crippen molar-refractivity contribution in [2.75, 3.05) is 13.2 Å². The van der Waals surface area contributed by atoms with E-state index in [0.29, 0.717) is 65.0 Å². The van der Waals surface area contributed by atoms with Gasteiger partial charge in [-0.15, -0.1) is 0 Å². The molecule has 0 spiro atoms. The Labute approximate surface area is 289 Å². The first-order valence-electron chi connectivity index (χ1n) is 16.3. The van der Waals surface area contributed by atoms with Crippen molar-refractivity contribution in [1.82, 2.24) is 14.7 Å². The number of amides is 1. The fourth-order valence-electron chi connectivity index (χ4n) is 6.07. The standard InChI is InChI=1S/C39H36ClN3O6/c1-3-5-10-34-35(32-20-11-26(38(45)46)23-33(32)37(44)42-22-21-25-8-6-7-9-27(25)24-42)36(39(47)48-4-2)41-43(34)29-14-18-31(19-15-29)49-30-16-12-28(40)13-17-30/h6-9,11-20,23H,3-5,10,21-22,24H2,1-2H3,(H,45,46). The minimum Gasteiger partial charge on any atom is -0.478 e. The molecule has 0 saturated carbocycles. The third-order valence-corrected chi connectivity index (χ3v) is 8.78. The smallest absolute Gasteiger partial charge is 0.359 e. The highest BCUT2D eigenvalue weighted by Crippen LogP contribution is 2.36. The number of carboxylic acid groups (broad SMARTS) is 1. The van der Waals surface area contributed by atoms with Gasteiger partial charge in [-0.25, -0.2) is 14.3 Å². The minimum absolute atomic E-state index is 0.0269. The summed E-state index contributed by atoms with van der Waals surface area (Å²) in [6.45, 7) is 4.78. The molecule has 0 atom stereocenters. The van der Waals surface area contributed by atoms with Crippen molar-refractivity contribution in [3.8, 4) is 28.3 Å². The Kier molecular flexibility index (Phi) is 10.1. The summed E-state index contributed by atoms with van der Waals surface area (Å²) in [5.74, 6) is -0.881. The van der Waals surface area contributed by atoms with Gasteiger partial charge in [0.1, 0.15) is 11.5 Å². The molecule has 4 aromatic carbocycles. The SMILES string of the molecule is CCCCc1c(-c2ccc(C(=O)O)cc2C(=O)N2CCc3ccccc3C2)c(C(=O)OCC)nn1-c1ccc(Oc2ccc(Cl)cc2)cc1. The molecular formula is C39H36ClN3O6. The fraction of sp³-hybridized carbons (Fsp3) is 0.231. The molecule has 6 rings (SSSR count). The molecule has 1 aliphatic heterocycles. The minimum atomic E-state index is -1.15. The molecular weight excluding hydrogens is 642 g/mol. The van der Waals surface area contributed by atoms with Crippen LogP contribution in [0, 0.1) is 0 Å². The van der Waals surface area contributed by atoms with Crippen molar-refractivity contribution >= 4 is 29.4 Å². The second kappa shape index (κ2) is 14.8. The van der Waals surface area contributed by atoms with Crippen LogP contribution < -0.4 is 4.74 Å². The Morgan fingerprint density at radius 2 is 1.59 bits per heavy atom. The highest BCUT2D eigenvalue weighted by atomic mass is 35.5. The number of unbranched alkanes of at least 4 members (excludes halogenated alkanes) is 1. The topological polar surface area (TPSA) is 111 Å². The van der Waals surface area contributed by atoms with E-state index in [4.69, 9.17) is 26.2 Å². The van der Waals surface area contributed by atoms with Crippen molar-refractivity contribution in [3.05, 3.63) is 130 Å². The van der Waals surface area contributed by atoms with E-state index in [-0.39, 0.29) is 29.3 Å². The molecule has 0 unspecified atom stereocenters. The first-order valence-corrected chi connectivity index (χ1v) is 16.7. The number of rotatable bonds is 11. The number of hydrogen-bond donors (Lipinski definition) is 1. The molecule has 9 nitrogen and oxygen atoms in total. The molecule has 1 N–H and O–H groups in total. The lowest BCUT2D eigenvalue weighted by atomic mass is 9.92. The largest absolute Gasteiger partial charge is 0.478 e. The summed E-state index contributed by atoms with van der Waals surface area (Å²) in [4.78, 5) is 41.8. The molecule has 0 radical (unpaired) electrons. The van der Waals surface area contributed by atoms with Gasteiger partial charge in [-0.3, -0.25) is 4.79 Å². The lowest BCUT2D eigenvalue weighted by molar-refractivity contribution is 0.0518. The first-order chi connectivity index (χ1) is 23.8. The molecule has 0 bridgehead atoms. The zero-order valence-electron chi connectivity index (χ0n) is 27.3. The summed E-state index contributed by atoms with van der Waals surface area (Å²) in [5, 5.41) is 15.3. The third kappa shape index (κ3) is 7.22. The molecule has 1 amide bonds. The third-order valence-electron chi connectivity index (χ3n) is 8.53. The van der Waals surface area contributed by atoms with E-state index in [1.54, 1.807) is 46.8 Å². The lowest BCUT2D eigenvalue weighted by Gasteiger charge is -2.29. The number of aromatic carboxylic acids is 1. The van der Waals surface area contributed by atoms with Crippen LogP contribution in [0.5, 0.6) is 11.5 Å². The summed E-state index contributed by atoms with van der Waals surface area (Å²) < 4.78 is 13.2. The number of carbonyl (C=O) groups is 3. The summed E-state index contributed by atoms with van der Waals surface area (Å²) in [6.07, 6.45) is 2.86. The van der Waals surface area contributed by atoms with Gasteiger partial charge in [0.15, 0.2) is 5.69 Å². The average Bonchev–Trinajstić information content (AvgIpc) is 3.50. The van der Waals surface area contributed by atoms with Crippen molar-refractivity contribution in [2.24, 2.45) is 0 Å². The number of esters is 1. The quantitative estimate of drug-likeness (QED) is 0.140. The normalized spacial score (nSPS) is 12.3. The fourth-order valence-corrected chi connectivity index (χ4v) is 6.20. The van der Waals surface area contributed by atoms with Crippen LogP contribution in [0.3, 0.4) is 0 Å². The number of fused-ring (bicyclic) bond motifs is 1. The maximum Gasteiger partial charge on any atom is 0.359 e. The number of aromatic nitrogens is 2. The van der Waals surface area contributed by atoms with Crippen LogP contribution >= 0.6 is 11.6 Å². The van der Waals surface area contributed by atoms with E-state index in [1.807, 2.05) is 42.5 Å². The van der Waals surface area contributed by atoms with Gasteiger partial charge in [-0.05, 0) is 104 Å². The molecule has 250 valence electrons. The Hall–Kier alpha value is -5.41. The zero-order chi connectivity index (χ0) is 34.5. The van der Waals surface area contributed by atoms with Crippen LogP contribution in [-0.2, 0) is 24.1 Å². The van der Waals surface area contributed by atoms with Gasteiger partial charge in [0.2, 0.25) is 0 Å². The van der Waals surface area contributed by atoms with Crippen LogP contribution in [0.1, 0.15) is 74.7 Å². The number of halogens is 1. The van der Waals surface area contributed by atoms with Crippen molar-refractivity contribution in [2.45, 2.75) is 46.1 Å². The van der Waals surface area contributed by atoms with Gasteiger partial charge in [-0.1, -0.05) is 55.3 Å². The molecule has 0 fully saturated rings. The Bertz CT molecular complexity index is 2000. The number of ether oxygens (including phenoxy) is 2. The zero-order valence-corrected chi connectivity index (χ0v) is 28.1. The highest BCUT2D eigenvalue weighted by molar-refractivity contribution is 6.30. The van der Waals surface area contributed by atoms with Crippen molar-refractivity contribution < 1.29 is 29.0 Å². The number of hydrogen-bond acceptors (Lipinski definition) is 6. The molecule has 2 heterocycles. The van der Waals surface area contributed by atoms with Crippen LogP contribution in [-0.4, -0.2) is 50.8 Å². The van der Waals surface area contributed by atoms with E-state index >= 15 is 0 Å². The average molecular weight is 678 g/mol. The van der Waals surface area contributed by atoms with Gasteiger partial charge in [-0.2, -0.15) is 5.10 Å². The Morgan fingerprint density at radius 1 is 0.898 bits per heavy atom. The number of benzene rings is 4. The summed E-state index contributed by atoms with van der Waals surface area (Å²) >= 11 is 6.02. The number of nitrogens with zero attached hydrogens (tertiary/aromatic N) is 3. The van der Waals surface area contributed by atoms with Crippen molar-refractivity contribution in [3.63, 3.8) is 0 Å². The van der Waals surface area contributed by atoms with Gasteiger partial charge >= 0.3 is 11.9 Å². The van der Waals surface area contributed by atoms with E-state index in [9.17, 15) is 19.5 Å². The molecule has 0 aliphatic carbocycles. The molecule has 49 heavy (non-hydrogen) atoms. The maximum absolute atomic E-state index is 14.4. The van der Waals surface area contributed by atoms with E-state index in [1.165, 1.54) is 17.7 Å². The second-order valence-corrected chi connectivity index (χ2v) is 12.2. The molecule has 0 saturated heterocycles.